The van der Waals surface area contributed by atoms with Gasteiger partial charge in [-0.3, -0.25) is 13.9 Å². The predicted molar refractivity (Wildman–Crippen MR) is 158 cm³/mol. The lowest BCUT2D eigenvalue weighted by Gasteiger charge is -2.34. The Morgan fingerprint density at radius 2 is 1.60 bits per heavy atom. The number of sulfonamides is 1. The van der Waals surface area contributed by atoms with Crippen LogP contribution in [0.25, 0.3) is 0 Å². The van der Waals surface area contributed by atoms with Crippen molar-refractivity contribution < 1.29 is 22.7 Å². The monoisotopic (exact) mass is 605 g/mol. The third-order valence-corrected chi connectivity index (χ3v) is 8.35. The molecule has 1 atom stereocenters. The Balaban J connectivity index is 2.09. The first kappa shape index (κ1) is 31.3. The minimum atomic E-state index is -4.21. The summed E-state index contributed by atoms with van der Waals surface area (Å²) in [6, 6.07) is 18.2. The van der Waals surface area contributed by atoms with Gasteiger partial charge >= 0.3 is 0 Å². The molecule has 0 saturated carbocycles. The van der Waals surface area contributed by atoms with Crippen molar-refractivity contribution >= 4 is 50.7 Å². The van der Waals surface area contributed by atoms with Gasteiger partial charge in [0.15, 0.2) is 0 Å². The Kier molecular flexibility index (Phi) is 10.1. The number of hydrogen-bond donors (Lipinski definition) is 1. The highest BCUT2D eigenvalue weighted by molar-refractivity contribution is 7.92. The molecule has 3 rings (SSSR count). The van der Waals surface area contributed by atoms with Gasteiger partial charge in [0.2, 0.25) is 11.8 Å². The number of ether oxygens (including phenoxy) is 1. The van der Waals surface area contributed by atoms with Crippen LogP contribution in [0.3, 0.4) is 0 Å². The largest absolute Gasteiger partial charge is 0.495 e. The third kappa shape index (κ3) is 7.68. The van der Waals surface area contributed by atoms with Crippen LogP contribution in [0.2, 0.25) is 10.0 Å². The van der Waals surface area contributed by atoms with Gasteiger partial charge in [-0.15, -0.1) is 0 Å². The Hall–Kier alpha value is -3.27. The van der Waals surface area contributed by atoms with Gasteiger partial charge in [0.25, 0.3) is 10.0 Å². The summed E-state index contributed by atoms with van der Waals surface area (Å²) in [6.07, 6.45) is 0. The lowest BCUT2D eigenvalue weighted by atomic mass is 10.1. The van der Waals surface area contributed by atoms with Crippen LogP contribution in [-0.2, 0) is 26.2 Å². The van der Waals surface area contributed by atoms with Gasteiger partial charge < -0.3 is 15.0 Å². The van der Waals surface area contributed by atoms with Crippen molar-refractivity contribution in [2.45, 2.75) is 50.7 Å². The van der Waals surface area contributed by atoms with Crippen LogP contribution in [-0.4, -0.2) is 50.4 Å². The Morgan fingerprint density at radius 3 is 2.20 bits per heavy atom. The summed E-state index contributed by atoms with van der Waals surface area (Å²) in [6.45, 7) is 6.41. The van der Waals surface area contributed by atoms with E-state index in [4.69, 9.17) is 27.9 Å². The molecule has 0 aliphatic heterocycles. The summed E-state index contributed by atoms with van der Waals surface area (Å²) in [4.78, 5) is 28.5. The Labute approximate surface area is 245 Å². The Bertz CT molecular complexity index is 1460. The van der Waals surface area contributed by atoms with Crippen molar-refractivity contribution in [1.29, 1.82) is 0 Å². The predicted octanol–water partition coefficient (Wildman–Crippen LogP) is 5.53. The van der Waals surface area contributed by atoms with Gasteiger partial charge in [-0.25, -0.2) is 8.42 Å². The molecule has 1 N–H and O–H groups in total. The maximum atomic E-state index is 14.0. The summed E-state index contributed by atoms with van der Waals surface area (Å²) in [5.74, 6) is -0.755. The number of carbonyl (C=O) groups is 2. The molecule has 0 aliphatic carbocycles. The fourth-order valence-electron chi connectivity index (χ4n) is 3.96. The summed E-state index contributed by atoms with van der Waals surface area (Å²) < 4.78 is 34.2. The van der Waals surface area contributed by atoms with Gasteiger partial charge in [0.1, 0.15) is 18.3 Å². The molecular formula is C29H33Cl2N3O5S. The number of carbonyl (C=O) groups excluding carboxylic acids is 2. The molecule has 3 aromatic rings. The lowest BCUT2D eigenvalue weighted by molar-refractivity contribution is -0.140. The number of anilines is 1. The minimum Gasteiger partial charge on any atom is -0.495 e. The first-order valence-corrected chi connectivity index (χ1v) is 14.7. The van der Waals surface area contributed by atoms with E-state index in [9.17, 15) is 18.0 Å². The van der Waals surface area contributed by atoms with Crippen molar-refractivity contribution in [3.8, 4) is 5.75 Å². The zero-order chi connectivity index (χ0) is 29.7. The highest BCUT2D eigenvalue weighted by Crippen LogP contribution is 2.32. The van der Waals surface area contributed by atoms with E-state index in [2.05, 4.69) is 5.32 Å². The van der Waals surface area contributed by atoms with Crippen LogP contribution in [0.5, 0.6) is 5.75 Å². The van der Waals surface area contributed by atoms with E-state index < -0.39 is 40.0 Å². The van der Waals surface area contributed by atoms with Crippen molar-refractivity contribution in [3.63, 3.8) is 0 Å². The first-order valence-electron chi connectivity index (χ1n) is 12.5. The fraction of sp³-hybridized carbons (Fsp3) is 0.310. The summed E-state index contributed by atoms with van der Waals surface area (Å²) in [5.41, 5.74) is 0.168. The van der Waals surface area contributed by atoms with E-state index in [0.29, 0.717) is 15.6 Å². The standard InChI is InChI=1S/C29H33Cl2N3O5S/c1-20(28(36)32-29(2,3)4)33(18-21-15-16-22(30)17-24(21)31)27(35)19-34(25-13-9-10-14-26(25)39-5)40(37,38)23-11-7-6-8-12-23/h6-17,20H,18-19H2,1-5H3,(H,32,36)/t20-/m1/s1. The number of rotatable bonds is 10. The Morgan fingerprint density at radius 1 is 0.975 bits per heavy atom. The average molecular weight is 607 g/mol. The normalized spacial score (nSPS) is 12.4. The second-order valence-corrected chi connectivity index (χ2v) is 12.9. The molecule has 2 amide bonds. The third-order valence-electron chi connectivity index (χ3n) is 5.99. The second kappa shape index (κ2) is 12.9. The fourth-order valence-corrected chi connectivity index (χ4v) is 5.87. The molecule has 0 aliphatic rings. The van der Waals surface area contributed by atoms with Crippen LogP contribution in [0.4, 0.5) is 5.69 Å². The number of para-hydroxylation sites is 2. The second-order valence-electron chi connectivity index (χ2n) is 10.2. The topological polar surface area (TPSA) is 96.0 Å². The van der Waals surface area contributed by atoms with Gasteiger partial charge in [-0.05, 0) is 69.7 Å². The van der Waals surface area contributed by atoms with Gasteiger partial charge in [-0.2, -0.15) is 0 Å². The molecule has 0 bridgehead atoms. The van der Waals surface area contributed by atoms with Crippen LogP contribution in [0, 0.1) is 0 Å². The molecule has 0 unspecified atom stereocenters. The number of hydrogen-bond acceptors (Lipinski definition) is 5. The number of benzene rings is 3. The maximum Gasteiger partial charge on any atom is 0.264 e. The van der Waals surface area contributed by atoms with E-state index in [1.54, 1.807) is 67.6 Å². The van der Waals surface area contributed by atoms with Crippen molar-refractivity contribution in [2.24, 2.45) is 0 Å². The van der Waals surface area contributed by atoms with E-state index in [1.807, 2.05) is 20.8 Å². The van der Waals surface area contributed by atoms with Crippen LogP contribution < -0.4 is 14.4 Å². The van der Waals surface area contributed by atoms with Crippen LogP contribution in [0.1, 0.15) is 33.3 Å². The molecule has 0 fully saturated rings. The SMILES string of the molecule is COc1ccccc1N(CC(=O)N(Cc1ccc(Cl)cc1Cl)[C@H](C)C(=O)NC(C)(C)C)S(=O)(=O)c1ccccc1. The van der Waals surface area contributed by atoms with Crippen molar-refractivity contribution in [1.82, 2.24) is 10.2 Å². The van der Waals surface area contributed by atoms with Crippen molar-refractivity contribution in [2.75, 3.05) is 18.0 Å². The van der Waals surface area contributed by atoms with Crippen LogP contribution >= 0.6 is 23.2 Å². The minimum absolute atomic E-state index is 0.000439. The smallest absolute Gasteiger partial charge is 0.264 e. The number of amides is 2. The summed E-state index contributed by atoms with van der Waals surface area (Å²) in [5, 5.41) is 3.61. The van der Waals surface area contributed by atoms with Gasteiger partial charge in [0.05, 0.1) is 17.7 Å². The van der Waals surface area contributed by atoms with E-state index in [-0.39, 0.29) is 22.9 Å². The highest BCUT2D eigenvalue weighted by Gasteiger charge is 2.34. The van der Waals surface area contributed by atoms with Crippen LogP contribution in [0.15, 0.2) is 77.7 Å². The number of methoxy groups -OCH3 is 1. The molecule has 3 aromatic carbocycles. The number of halogens is 2. The van der Waals surface area contributed by atoms with E-state index in [0.717, 1.165) is 4.31 Å². The molecule has 0 heterocycles. The average Bonchev–Trinajstić information content (AvgIpc) is 2.90. The molecule has 11 heteroatoms. The van der Waals surface area contributed by atoms with E-state index >= 15 is 0 Å². The molecule has 0 spiro atoms. The van der Waals surface area contributed by atoms with E-state index in [1.165, 1.54) is 24.1 Å². The summed E-state index contributed by atoms with van der Waals surface area (Å²) >= 11 is 12.5. The molecule has 214 valence electrons. The van der Waals surface area contributed by atoms with Gasteiger partial charge in [0, 0.05) is 22.1 Å². The highest BCUT2D eigenvalue weighted by atomic mass is 35.5. The van der Waals surface area contributed by atoms with Crippen molar-refractivity contribution in [3.05, 3.63) is 88.4 Å². The zero-order valence-electron chi connectivity index (χ0n) is 23.0. The summed E-state index contributed by atoms with van der Waals surface area (Å²) in [7, 11) is -2.80. The molecular weight excluding hydrogens is 573 g/mol. The number of nitrogens with zero attached hydrogens (tertiary/aromatic N) is 2. The first-order chi connectivity index (χ1) is 18.7. The molecule has 0 aromatic heterocycles. The zero-order valence-corrected chi connectivity index (χ0v) is 25.3. The quantitative estimate of drug-likeness (QED) is 0.328. The molecule has 0 radical (unpaired) electrons. The lowest BCUT2D eigenvalue weighted by Crippen LogP contribution is -2.54. The van der Waals surface area contributed by atoms with Gasteiger partial charge in [-0.1, -0.05) is 59.6 Å². The maximum absolute atomic E-state index is 14.0. The number of nitrogens with one attached hydrogen (secondary N) is 1. The molecule has 40 heavy (non-hydrogen) atoms. The molecule has 0 saturated heterocycles. The molecule has 8 nitrogen and oxygen atoms in total.